The first kappa shape index (κ1) is 22.9. The molecule has 6 rings (SSSR count). The average Bonchev–Trinajstić information content (AvgIpc) is 3.37. The summed E-state index contributed by atoms with van der Waals surface area (Å²) in [4.78, 5) is 23.8. The number of halogens is 3. The maximum Gasteiger partial charge on any atom is 0.311 e. The summed E-state index contributed by atoms with van der Waals surface area (Å²) in [5.74, 6) is -3.26. The lowest BCUT2D eigenvalue weighted by Crippen LogP contribution is -2.49. The zero-order valence-corrected chi connectivity index (χ0v) is 20.2. The second-order valence-electron chi connectivity index (χ2n) is 10.2. The minimum atomic E-state index is -2.57. The number of carbonyl (C=O) groups excluding carboxylic acids is 1. The van der Waals surface area contributed by atoms with Crippen LogP contribution in [0.25, 0.3) is 20.9 Å². The number of aromatic nitrogens is 2. The second-order valence-corrected chi connectivity index (χ2v) is 11.2. The number of esters is 1. The van der Waals surface area contributed by atoms with E-state index in [-0.39, 0.29) is 41.9 Å². The summed E-state index contributed by atoms with van der Waals surface area (Å²) in [6, 6.07) is 8.95. The van der Waals surface area contributed by atoms with Crippen LogP contribution in [-0.2, 0) is 21.5 Å². The summed E-state index contributed by atoms with van der Waals surface area (Å²) in [5, 5.41) is 0.556. The van der Waals surface area contributed by atoms with Crippen LogP contribution in [0, 0.1) is 17.7 Å². The Hall–Kier alpha value is -2.52. The Morgan fingerprint density at radius 3 is 2.63 bits per heavy atom. The first-order chi connectivity index (χ1) is 16.8. The maximum absolute atomic E-state index is 15.0. The Kier molecular flexibility index (Phi) is 5.41. The fraction of sp³-hybridized carbons (Fsp3) is 0.500. The summed E-state index contributed by atoms with van der Waals surface area (Å²) in [7, 11) is 1.39. The smallest absolute Gasteiger partial charge is 0.311 e. The van der Waals surface area contributed by atoms with Gasteiger partial charge in [0.2, 0.25) is 5.92 Å². The molecule has 35 heavy (non-hydrogen) atoms. The number of hydrogen-bond donors (Lipinski definition) is 0. The lowest BCUT2D eigenvalue weighted by molar-refractivity contribution is -0.151. The van der Waals surface area contributed by atoms with Crippen molar-refractivity contribution in [3.8, 4) is 10.6 Å². The molecule has 1 saturated heterocycles. The number of rotatable bonds is 6. The zero-order chi connectivity index (χ0) is 24.4. The number of nitrogens with zero attached hydrogens (tertiary/aromatic N) is 3. The van der Waals surface area contributed by atoms with E-state index in [0.29, 0.717) is 47.0 Å². The summed E-state index contributed by atoms with van der Waals surface area (Å²) in [5.41, 5.74) is 2.58. The molecule has 184 valence electrons. The standard InChI is InChI=1S/C26H26F3N3O2S/c1-34-24(33)16-13-32(14-16)12-15-2-3-18(19(27)10-15)22-30-20-4-5-21(31-23(20)35-22)25(8-9-25)17-6-7-26(28,29)11-17/h2-5,10,16-17H,6-9,11-14H2,1H3/t17-/m0/s1. The number of benzene rings is 1. The molecule has 0 N–H and O–H groups in total. The van der Waals surface area contributed by atoms with Crippen molar-refractivity contribution < 1.29 is 22.7 Å². The highest BCUT2D eigenvalue weighted by atomic mass is 32.1. The van der Waals surface area contributed by atoms with Crippen molar-refractivity contribution >= 4 is 27.7 Å². The molecular weight excluding hydrogens is 475 g/mol. The molecule has 0 spiro atoms. The number of pyridine rings is 1. The summed E-state index contributed by atoms with van der Waals surface area (Å²) < 4.78 is 47.5. The van der Waals surface area contributed by atoms with Gasteiger partial charge in [-0.15, -0.1) is 0 Å². The fourth-order valence-corrected chi connectivity index (χ4v) is 6.71. The first-order valence-corrected chi connectivity index (χ1v) is 12.8. The number of alkyl halides is 2. The van der Waals surface area contributed by atoms with Gasteiger partial charge < -0.3 is 4.74 Å². The van der Waals surface area contributed by atoms with Gasteiger partial charge in [-0.3, -0.25) is 9.69 Å². The Labute approximate surface area is 205 Å². The number of likely N-dealkylation sites (tertiary alicyclic amines) is 1. The van der Waals surface area contributed by atoms with Gasteiger partial charge in [-0.2, -0.15) is 0 Å². The number of thiazole rings is 1. The molecule has 2 saturated carbocycles. The average molecular weight is 502 g/mol. The van der Waals surface area contributed by atoms with Crippen LogP contribution in [0.1, 0.15) is 43.4 Å². The van der Waals surface area contributed by atoms with Crippen LogP contribution < -0.4 is 0 Å². The minimum absolute atomic E-state index is 0.0332. The van der Waals surface area contributed by atoms with E-state index < -0.39 is 5.92 Å². The first-order valence-electron chi connectivity index (χ1n) is 12.0. The topological polar surface area (TPSA) is 55.3 Å². The van der Waals surface area contributed by atoms with E-state index in [1.165, 1.54) is 24.5 Å². The number of methoxy groups -OCH3 is 1. The van der Waals surface area contributed by atoms with Crippen LogP contribution >= 0.6 is 11.3 Å². The lowest BCUT2D eigenvalue weighted by atomic mass is 9.84. The molecule has 2 aromatic heterocycles. The third-order valence-electron chi connectivity index (χ3n) is 7.90. The maximum atomic E-state index is 15.0. The van der Waals surface area contributed by atoms with Crippen LogP contribution in [-0.4, -0.2) is 47.0 Å². The van der Waals surface area contributed by atoms with Crippen molar-refractivity contribution in [3.63, 3.8) is 0 Å². The van der Waals surface area contributed by atoms with Crippen molar-refractivity contribution in [2.45, 2.75) is 50.0 Å². The van der Waals surface area contributed by atoms with E-state index in [9.17, 15) is 13.6 Å². The highest BCUT2D eigenvalue weighted by Gasteiger charge is 2.57. The van der Waals surface area contributed by atoms with Crippen LogP contribution in [0.2, 0.25) is 0 Å². The van der Waals surface area contributed by atoms with Gasteiger partial charge in [0.25, 0.3) is 0 Å². The van der Waals surface area contributed by atoms with E-state index in [1.807, 2.05) is 18.2 Å². The van der Waals surface area contributed by atoms with Gasteiger partial charge in [-0.1, -0.05) is 17.4 Å². The predicted molar refractivity (Wildman–Crippen MR) is 127 cm³/mol. The number of carbonyl (C=O) groups is 1. The molecule has 3 aromatic rings. The van der Waals surface area contributed by atoms with Crippen LogP contribution in [0.3, 0.4) is 0 Å². The van der Waals surface area contributed by atoms with E-state index in [2.05, 4.69) is 9.88 Å². The minimum Gasteiger partial charge on any atom is -0.469 e. The molecule has 0 bridgehead atoms. The number of ether oxygens (including phenoxy) is 1. The van der Waals surface area contributed by atoms with Crippen molar-refractivity contribution in [1.82, 2.24) is 14.9 Å². The number of hydrogen-bond acceptors (Lipinski definition) is 6. The fourth-order valence-electron chi connectivity index (χ4n) is 5.74. The third kappa shape index (κ3) is 4.12. The van der Waals surface area contributed by atoms with Crippen molar-refractivity contribution in [1.29, 1.82) is 0 Å². The Bertz CT molecular complexity index is 1300. The van der Waals surface area contributed by atoms with Crippen molar-refractivity contribution in [3.05, 3.63) is 47.4 Å². The van der Waals surface area contributed by atoms with Gasteiger partial charge in [0.1, 0.15) is 21.2 Å². The van der Waals surface area contributed by atoms with Gasteiger partial charge in [0.05, 0.1) is 13.0 Å². The largest absolute Gasteiger partial charge is 0.469 e. The highest BCUT2D eigenvalue weighted by molar-refractivity contribution is 7.21. The molecule has 1 aliphatic heterocycles. The van der Waals surface area contributed by atoms with Gasteiger partial charge in [0.15, 0.2) is 0 Å². The van der Waals surface area contributed by atoms with Crippen molar-refractivity contribution in [2.75, 3.05) is 20.2 Å². The molecule has 1 aromatic carbocycles. The van der Waals surface area contributed by atoms with Gasteiger partial charge in [-0.25, -0.2) is 23.1 Å². The monoisotopic (exact) mass is 501 g/mol. The Morgan fingerprint density at radius 2 is 1.97 bits per heavy atom. The number of fused-ring (bicyclic) bond motifs is 1. The molecule has 0 amide bonds. The summed E-state index contributed by atoms with van der Waals surface area (Å²) in [6.45, 7) is 1.79. The molecule has 3 fully saturated rings. The molecule has 1 atom stereocenters. The quantitative estimate of drug-likeness (QED) is 0.414. The van der Waals surface area contributed by atoms with E-state index >= 15 is 4.39 Å². The Balaban J connectivity index is 1.19. The van der Waals surface area contributed by atoms with Crippen LogP contribution in [0.15, 0.2) is 30.3 Å². The van der Waals surface area contributed by atoms with Gasteiger partial charge in [0, 0.05) is 49.1 Å². The summed E-state index contributed by atoms with van der Waals surface area (Å²) in [6.07, 6.45) is 2.24. The van der Waals surface area contributed by atoms with Crippen LogP contribution in [0.4, 0.5) is 13.2 Å². The van der Waals surface area contributed by atoms with Gasteiger partial charge in [-0.05, 0) is 55.0 Å². The second kappa shape index (κ2) is 8.27. The molecule has 9 heteroatoms. The van der Waals surface area contributed by atoms with Crippen LogP contribution in [0.5, 0.6) is 0 Å². The molecule has 3 heterocycles. The van der Waals surface area contributed by atoms with Crippen molar-refractivity contribution in [2.24, 2.45) is 11.8 Å². The normalized spacial score (nSPS) is 23.4. The molecule has 2 aliphatic carbocycles. The predicted octanol–water partition coefficient (Wildman–Crippen LogP) is 5.57. The molecular formula is C26H26F3N3O2S. The SMILES string of the molecule is COC(=O)C1CN(Cc2ccc(-c3nc4ccc(C5([C@H]6CCC(F)(F)C6)CC5)nc4s3)c(F)c2)C1. The highest BCUT2D eigenvalue weighted by Crippen LogP contribution is 2.60. The van der Waals surface area contributed by atoms with E-state index in [1.54, 1.807) is 6.07 Å². The molecule has 0 unspecified atom stereocenters. The third-order valence-corrected chi connectivity index (χ3v) is 8.90. The lowest BCUT2D eigenvalue weighted by Gasteiger charge is -2.37. The van der Waals surface area contributed by atoms with Gasteiger partial charge >= 0.3 is 5.97 Å². The molecule has 0 radical (unpaired) electrons. The summed E-state index contributed by atoms with van der Waals surface area (Å²) >= 11 is 1.33. The van der Waals surface area contributed by atoms with E-state index in [4.69, 9.17) is 9.72 Å². The van der Waals surface area contributed by atoms with E-state index in [0.717, 1.165) is 24.1 Å². The molecule has 3 aliphatic rings. The Morgan fingerprint density at radius 1 is 1.17 bits per heavy atom. The molecule has 5 nitrogen and oxygen atoms in total. The zero-order valence-electron chi connectivity index (χ0n) is 19.4.